The molecule has 1 N–H and O–H groups in total. The molecule has 0 aliphatic carbocycles. The number of aliphatic carboxylic acids is 1. The summed E-state index contributed by atoms with van der Waals surface area (Å²) < 4.78 is 13.3. The SMILES string of the molecule is Cc1cc(C(C(=O)O)N2CCC(=O)CC2)ccc1F. The Kier molecular flexibility index (Phi) is 3.95. The summed E-state index contributed by atoms with van der Waals surface area (Å²) in [6, 6.07) is 3.53. The van der Waals surface area contributed by atoms with Crippen LogP contribution in [-0.4, -0.2) is 34.8 Å². The number of carboxylic acid groups (broad SMARTS) is 1. The molecule has 0 amide bonds. The molecular weight excluding hydrogens is 249 g/mol. The first-order chi connectivity index (χ1) is 8.99. The highest BCUT2D eigenvalue weighted by molar-refractivity contribution is 5.80. The third-order valence-electron chi connectivity index (χ3n) is 3.45. The van der Waals surface area contributed by atoms with Crippen LogP contribution in [0, 0.1) is 12.7 Å². The van der Waals surface area contributed by atoms with Gasteiger partial charge in [-0.15, -0.1) is 0 Å². The maximum atomic E-state index is 13.3. The topological polar surface area (TPSA) is 57.6 Å². The number of rotatable bonds is 3. The van der Waals surface area contributed by atoms with Gasteiger partial charge in [0.1, 0.15) is 17.6 Å². The van der Waals surface area contributed by atoms with E-state index >= 15 is 0 Å². The molecule has 2 rings (SSSR count). The Labute approximate surface area is 110 Å². The van der Waals surface area contributed by atoms with Crippen LogP contribution in [0.5, 0.6) is 0 Å². The molecule has 1 aromatic rings. The Morgan fingerprint density at radius 3 is 2.53 bits per heavy atom. The van der Waals surface area contributed by atoms with Crippen molar-refractivity contribution in [2.75, 3.05) is 13.1 Å². The first kappa shape index (κ1) is 13.7. The highest BCUT2D eigenvalue weighted by Gasteiger charge is 2.30. The fourth-order valence-electron chi connectivity index (χ4n) is 2.38. The number of Topliss-reactive ketones (excluding diaryl/α,β-unsaturated/α-hetero) is 1. The number of carboxylic acids is 1. The van der Waals surface area contributed by atoms with Crippen molar-refractivity contribution in [3.05, 3.63) is 35.1 Å². The quantitative estimate of drug-likeness (QED) is 0.907. The van der Waals surface area contributed by atoms with Gasteiger partial charge in [0.05, 0.1) is 0 Å². The first-order valence-electron chi connectivity index (χ1n) is 6.23. The van der Waals surface area contributed by atoms with Gasteiger partial charge in [0.2, 0.25) is 0 Å². The van der Waals surface area contributed by atoms with E-state index in [9.17, 15) is 19.1 Å². The number of piperidine rings is 1. The van der Waals surface area contributed by atoms with E-state index in [0.717, 1.165) is 0 Å². The van der Waals surface area contributed by atoms with Crippen LogP contribution >= 0.6 is 0 Å². The van der Waals surface area contributed by atoms with Gasteiger partial charge in [0, 0.05) is 25.9 Å². The average Bonchev–Trinajstić information content (AvgIpc) is 2.36. The number of hydrogen-bond donors (Lipinski definition) is 1. The van der Waals surface area contributed by atoms with Gasteiger partial charge in [-0.25, -0.2) is 4.39 Å². The summed E-state index contributed by atoms with van der Waals surface area (Å²) in [5.74, 6) is -1.15. The second-order valence-electron chi connectivity index (χ2n) is 4.82. The molecule has 5 heteroatoms. The van der Waals surface area contributed by atoms with Crippen LogP contribution in [-0.2, 0) is 9.59 Å². The molecule has 0 spiro atoms. The minimum Gasteiger partial charge on any atom is -0.480 e. The number of nitrogens with zero attached hydrogens (tertiary/aromatic N) is 1. The molecule has 1 aromatic carbocycles. The van der Waals surface area contributed by atoms with Gasteiger partial charge in [-0.05, 0) is 24.1 Å². The van der Waals surface area contributed by atoms with Crippen LogP contribution < -0.4 is 0 Å². The maximum Gasteiger partial charge on any atom is 0.325 e. The van der Waals surface area contributed by atoms with E-state index in [0.29, 0.717) is 37.1 Å². The predicted molar refractivity (Wildman–Crippen MR) is 67.3 cm³/mol. The molecule has 4 nitrogen and oxygen atoms in total. The summed E-state index contributed by atoms with van der Waals surface area (Å²) in [5.41, 5.74) is 0.984. The molecule has 1 aliphatic rings. The lowest BCUT2D eigenvalue weighted by molar-refractivity contribution is -0.145. The second-order valence-corrected chi connectivity index (χ2v) is 4.82. The van der Waals surface area contributed by atoms with Crippen molar-refractivity contribution in [3.63, 3.8) is 0 Å². The van der Waals surface area contributed by atoms with Gasteiger partial charge in [0.25, 0.3) is 0 Å². The van der Waals surface area contributed by atoms with Crippen LogP contribution in [0.4, 0.5) is 4.39 Å². The highest BCUT2D eigenvalue weighted by atomic mass is 19.1. The van der Waals surface area contributed by atoms with Gasteiger partial charge < -0.3 is 5.11 Å². The van der Waals surface area contributed by atoms with E-state index < -0.39 is 12.0 Å². The molecule has 0 radical (unpaired) electrons. The van der Waals surface area contributed by atoms with Crippen LogP contribution in [0.15, 0.2) is 18.2 Å². The normalized spacial score (nSPS) is 18.3. The molecule has 0 saturated carbocycles. The maximum absolute atomic E-state index is 13.3. The van der Waals surface area contributed by atoms with E-state index in [2.05, 4.69) is 0 Å². The molecule has 0 aromatic heterocycles. The standard InChI is InChI=1S/C14H16FNO3/c1-9-8-10(2-3-12(9)15)13(14(18)19)16-6-4-11(17)5-7-16/h2-3,8,13H,4-7H2,1H3,(H,18,19). The molecule has 1 atom stereocenters. The molecule has 1 unspecified atom stereocenters. The lowest BCUT2D eigenvalue weighted by Gasteiger charge is -2.31. The number of carbonyl (C=O) groups excluding carboxylic acids is 1. The number of benzene rings is 1. The zero-order valence-electron chi connectivity index (χ0n) is 10.7. The van der Waals surface area contributed by atoms with Gasteiger partial charge >= 0.3 is 5.97 Å². The molecule has 102 valence electrons. The van der Waals surface area contributed by atoms with Crippen LogP contribution in [0.2, 0.25) is 0 Å². The lowest BCUT2D eigenvalue weighted by atomic mass is 9.99. The van der Waals surface area contributed by atoms with E-state index in [4.69, 9.17) is 0 Å². The number of ketones is 1. The smallest absolute Gasteiger partial charge is 0.325 e. The van der Waals surface area contributed by atoms with Crippen molar-refractivity contribution >= 4 is 11.8 Å². The Morgan fingerprint density at radius 2 is 2.00 bits per heavy atom. The van der Waals surface area contributed by atoms with Gasteiger partial charge in [-0.1, -0.05) is 12.1 Å². The Balaban J connectivity index is 2.27. The van der Waals surface area contributed by atoms with Crippen molar-refractivity contribution in [1.29, 1.82) is 0 Å². The molecular formula is C14H16FNO3. The third-order valence-corrected chi connectivity index (χ3v) is 3.45. The second kappa shape index (κ2) is 5.48. The molecule has 19 heavy (non-hydrogen) atoms. The van der Waals surface area contributed by atoms with Gasteiger partial charge in [0.15, 0.2) is 0 Å². The van der Waals surface area contributed by atoms with Gasteiger partial charge in [-0.3, -0.25) is 14.5 Å². The monoisotopic (exact) mass is 265 g/mol. The fraction of sp³-hybridized carbons (Fsp3) is 0.429. The van der Waals surface area contributed by atoms with E-state index in [1.807, 2.05) is 0 Å². The third kappa shape index (κ3) is 2.98. The van der Waals surface area contributed by atoms with Crippen LogP contribution in [0.3, 0.4) is 0 Å². The predicted octanol–water partition coefficient (Wildman–Crippen LogP) is 1.92. The van der Waals surface area contributed by atoms with Crippen molar-refractivity contribution in [2.45, 2.75) is 25.8 Å². The van der Waals surface area contributed by atoms with Crippen molar-refractivity contribution in [3.8, 4) is 0 Å². The highest BCUT2D eigenvalue weighted by Crippen LogP contribution is 2.25. The summed E-state index contributed by atoms with van der Waals surface area (Å²) in [6.07, 6.45) is 0.758. The van der Waals surface area contributed by atoms with Crippen LogP contribution in [0.1, 0.15) is 30.0 Å². The molecule has 1 aliphatic heterocycles. The van der Waals surface area contributed by atoms with Crippen LogP contribution in [0.25, 0.3) is 0 Å². The zero-order valence-corrected chi connectivity index (χ0v) is 10.7. The summed E-state index contributed by atoms with van der Waals surface area (Å²) >= 11 is 0. The van der Waals surface area contributed by atoms with Crippen molar-refractivity contribution in [2.24, 2.45) is 0 Å². The van der Waals surface area contributed by atoms with Gasteiger partial charge in [-0.2, -0.15) is 0 Å². The first-order valence-corrected chi connectivity index (χ1v) is 6.23. The zero-order chi connectivity index (χ0) is 14.0. The van der Waals surface area contributed by atoms with E-state index in [-0.39, 0.29) is 11.6 Å². The van der Waals surface area contributed by atoms with Crippen molar-refractivity contribution < 1.29 is 19.1 Å². The molecule has 0 bridgehead atoms. The summed E-state index contributed by atoms with van der Waals surface area (Å²) in [7, 11) is 0. The van der Waals surface area contributed by atoms with E-state index in [1.165, 1.54) is 12.1 Å². The summed E-state index contributed by atoms with van der Waals surface area (Å²) in [4.78, 5) is 24.4. The molecule has 1 fully saturated rings. The number of aryl methyl sites for hydroxylation is 1. The minimum atomic E-state index is -0.972. The molecule has 1 saturated heterocycles. The number of carbonyl (C=O) groups is 2. The Bertz CT molecular complexity index is 505. The average molecular weight is 265 g/mol. The van der Waals surface area contributed by atoms with E-state index in [1.54, 1.807) is 17.9 Å². The van der Waals surface area contributed by atoms with Crippen molar-refractivity contribution in [1.82, 2.24) is 4.90 Å². The molecule has 1 heterocycles. The largest absolute Gasteiger partial charge is 0.480 e. The lowest BCUT2D eigenvalue weighted by Crippen LogP contribution is -2.40. The number of halogens is 1. The Hall–Kier alpha value is -1.75. The minimum absolute atomic E-state index is 0.163. The summed E-state index contributed by atoms with van der Waals surface area (Å²) in [6.45, 7) is 2.48. The summed E-state index contributed by atoms with van der Waals surface area (Å²) in [5, 5.41) is 9.38. The fourth-order valence-corrected chi connectivity index (χ4v) is 2.38. The Morgan fingerprint density at radius 1 is 1.37 bits per heavy atom. The number of likely N-dealkylation sites (tertiary alicyclic amines) is 1. The number of hydrogen-bond acceptors (Lipinski definition) is 3.